The van der Waals surface area contributed by atoms with Crippen LogP contribution in [0.25, 0.3) is 0 Å². The number of nitrogens with zero attached hydrogens (tertiary/aromatic N) is 3. The molecule has 0 aromatic carbocycles. The molecule has 25 heavy (non-hydrogen) atoms. The Hall–Kier alpha value is -1.90. The van der Waals surface area contributed by atoms with E-state index in [1.807, 2.05) is 13.8 Å². The summed E-state index contributed by atoms with van der Waals surface area (Å²) < 4.78 is 5.77. The van der Waals surface area contributed by atoms with Gasteiger partial charge in [0.15, 0.2) is 6.29 Å². The number of hydroxylamine groups is 1. The molecule has 1 aromatic rings. The third-order valence-corrected chi connectivity index (χ3v) is 3.95. The van der Waals surface area contributed by atoms with Gasteiger partial charge in [-0.1, -0.05) is 13.8 Å². The molecule has 1 unspecified atom stereocenters. The van der Waals surface area contributed by atoms with E-state index in [-0.39, 0.29) is 5.92 Å². The van der Waals surface area contributed by atoms with Gasteiger partial charge in [0.25, 0.3) is 5.91 Å². The van der Waals surface area contributed by atoms with E-state index in [9.17, 15) is 9.59 Å². The molecular weight excluding hydrogens is 324 g/mol. The predicted octanol–water partition coefficient (Wildman–Crippen LogP) is 1.05. The summed E-state index contributed by atoms with van der Waals surface area (Å²) in [5.41, 5.74) is 2.72. The number of carbonyl (C=O) groups excluding carboxylic acids is 2. The van der Waals surface area contributed by atoms with Crippen LogP contribution in [0.4, 0.5) is 0 Å². The van der Waals surface area contributed by atoms with Crippen LogP contribution < -0.4 is 5.48 Å². The number of piperidine rings is 1. The van der Waals surface area contributed by atoms with Crippen LogP contribution in [0, 0.1) is 11.8 Å². The monoisotopic (exact) mass is 350 g/mol. The van der Waals surface area contributed by atoms with Crippen molar-refractivity contribution < 1.29 is 19.2 Å². The highest BCUT2D eigenvalue weighted by molar-refractivity contribution is 5.92. The van der Waals surface area contributed by atoms with E-state index in [1.54, 1.807) is 0 Å². The lowest BCUT2D eigenvalue weighted by Crippen LogP contribution is -2.43. The van der Waals surface area contributed by atoms with E-state index in [0.29, 0.717) is 24.6 Å². The number of aldehydes is 1. The molecule has 0 spiro atoms. The fourth-order valence-corrected chi connectivity index (χ4v) is 2.50. The lowest BCUT2D eigenvalue weighted by Gasteiger charge is -2.32. The van der Waals surface area contributed by atoms with Crippen LogP contribution >= 0.6 is 0 Å². The maximum absolute atomic E-state index is 12.0. The van der Waals surface area contributed by atoms with E-state index < -0.39 is 12.2 Å². The fourth-order valence-electron chi connectivity index (χ4n) is 2.50. The second-order valence-electron chi connectivity index (χ2n) is 6.61. The molecule has 138 valence electrons. The molecule has 0 bridgehead atoms. The average molecular weight is 350 g/mol. The topological polar surface area (TPSA) is 93.7 Å². The molecular formula is C17H26N4O4. The Morgan fingerprint density at radius 1 is 1.36 bits per heavy atom. The first-order valence-corrected chi connectivity index (χ1v) is 8.58. The lowest BCUT2D eigenvalue weighted by atomic mass is 9.99. The Kier molecular flexibility index (Phi) is 7.90. The number of nitrogens with one attached hydrogen (secondary N) is 1. The van der Waals surface area contributed by atoms with Crippen LogP contribution in [0.3, 0.4) is 0 Å². The van der Waals surface area contributed by atoms with Crippen molar-refractivity contribution >= 4 is 12.2 Å². The van der Waals surface area contributed by atoms with Gasteiger partial charge >= 0.3 is 0 Å². The van der Waals surface area contributed by atoms with Crippen LogP contribution in [-0.2, 0) is 14.4 Å². The van der Waals surface area contributed by atoms with Crippen molar-refractivity contribution in [3.63, 3.8) is 0 Å². The van der Waals surface area contributed by atoms with Crippen molar-refractivity contribution in [2.75, 3.05) is 26.2 Å². The molecule has 2 heterocycles. The normalized spacial score (nSPS) is 17.4. The van der Waals surface area contributed by atoms with Crippen molar-refractivity contribution in [3.05, 3.63) is 24.3 Å². The highest BCUT2D eigenvalue weighted by Crippen LogP contribution is 2.16. The molecule has 1 aliphatic rings. The third-order valence-electron chi connectivity index (χ3n) is 3.95. The van der Waals surface area contributed by atoms with Crippen LogP contribution in [0.15, 0.2) is 18.7 Å². The minimum Gasteiger partial charge on any atom is -0.349 e. The second kappa shape index (κ2) is 10.2. The Morgan fingerprint density at radius 2 is 2.04 bits per heavy atom. The Labute approximate surface area is 147 Å². The number of ether oxygens (including phenoxy) is 1. The fraction of sp³-hybridized carbons (Fsp3) is 0.647. The Balaban J connectivity index is 1.84. The molecule has 8 nitrogen and oxygen atoms in total. The summed E-state index contributed by atoms with van der Waals surface area (Å²) >= 11 is 0. The smallest absolute Gasteiger partial charge is 0.278 e. The van der Waals surface area contributed by atoms with E-state index in [4.69, 9.17) is 9.57 Å². The first-order chi connectivity index (χ1) is 12.1. The van der Waals surface area contributed by atoms with Gasteiger partial charge in [0.2, 0.25) is 0 Å². The highest BCUT2D eigenvalue weighted by Gasteiger charge is 2.23. The van der Waals surface area contributed by atoms with Gasteiger partial charge in [0.05, 0.1) is 18.7 Å². The first-order valence-electron chi connectivity index (χ1n) is 8.58. The molecule has 2 rings (SSSR count). The third kappa shape index (κ3) is 6.85. The largest absolute Gasteiger partial charge is 0.349 e. The molecule has 0 radical (unpaired) electrons. The van der Waals surface area contributed by atoms with Crippen molar-refractivity contribution in [1.82, 2.24) is 20.3 Å². The molecule has 1 fully saturated rings. The SMILES string of the molecule is CC(C)COC(CN1CCC(C=O)CC1)ONC(=O)c1cncnc1. The zero-order chi connectivity index (χ0) is 18.1. The van der Waals surface area contributed by atoms with Crippen LogP contribution in [0.5, 0.6) is 0 Å². The molecule has 0 aliphatic carbocycles. The summed E-state index contributed by atoms with van der Waals surface area (Å²) in [6.45, 7) is 6.78. The average Bonchev–Trinajstić information content (AvgIpc) is 2.64. The lowest BCUT2D eigenvalue weighted by molar-refractivity contribution is -0.184. The molecule has 0 saturated carbocycles. The van der Waals surface area contributed by atoms with E-state index >= 15 is 0 Å². The summed E-state index contributed by atoms with van der Waals surface area (Å²) in [6.07, 6.45) is 6.32. The van der Waals surface area contributed by atoms with Gasteiger partial charge in [-0.3, -0.25) is 9.69 Å². The molecule has 1 N–H and O–H groups in total. The summed E-state index contributed by atoms with van der Waals surface area (Å²) in [6, 6.07) is 0. The van der Waals surface area contributed by atoms with Gasteiger partial charge in [-0.05, 0) is 31.8 Å². The molecule has 8 heteroatoms. The van der Waals surface area contributed by atoms with E-state index in [2.05, 4.69) is 20.3 Å². The van der Waals surface area contributed by atoms with Gasteiger partial charge in [-0.2, -0.15) is 0 Å². The molecule has 1 saturated heterocycles. The summed E-state index contributed by atoms with van der Waals surface area (Å²) in [7, 11) is 0. The number of hydrogen-bond donors (Lipinski definition) is 1. The number of likely N-dealkylation sites (tertiary alicyclic amines) is 1. The predicted molar refractivity (Wildman–Crippen MR) is 90.4 cm³/mol. The van der Waals surface area contributed by atoms with E-state index in [0.717, 1.165) is 32.2 Å². The van der Waals surface area contributed by atoms with Crippen molar-refractivity contribution in [2.24, 2.45) is 11.8 Å². The minimum absolute atomic E-state index is 0.144. The minimum atomic E-state index is -0.580. The first kappa shape index (κ1) is 19.4. The number of hydrogen-bond acceptors (Lipinski definition) is 7. The Morgan fingerprint density at radius 3 is 2.64 bits per heavy atom. The van der Waals surface area contributed by atoms with Crippen LogP contribution in [-0.4, -0.2) is 59.6 Å². The number of amides is 1. The van der Waals surface area contributed by atoms with Gasteiger partial charge in [-0.25, -0.2) is 20.3 Å². The number of carbonyl (C=O) groups is 2. The number of aromatic nitrogens is 2. The van der Waals surface area contributed by atoms with Crippen LogP contribution in [0.1, 0.15) is 37.0 Å². The molecule has 1 atom stereocenters. The Bertz CT molecular complexity index is 533. The van der Waals surface area contributed by atoms with Crippen molar-refractivity contribution in [3.8, 4) is 0 Å². The van der Waals surface area contributed by atoms with Gasteiger partial charge in [-0.15, -0.1) is 0 Å². The van der Waals surface area contributed by atoms with Crippen molar-refractivity contribution in [1.29, 1.82) is 0 Å². The van der Waals surface area contributed by atoms with Gasteiger partial charge < -0.3 is 9.53 Å². The second-order valence-corrected chi connectivity index (χ2v) is 6.61. The summed E-state index contributed by atoms with van der Waals surface area (Å²) in [5, 5.41) is 0. The molecule has 1 aliphatic heterocycles. The maximum atomic E-state index is 12.0. The number of rotatable bonds is 9. The standard InChI is InChI=1S/C17H26N4O4/c1-13(2)11-24-16(9-21-5-3-14(10-22)4-6-21)25-20-17(23)15-7-18-12-19-8-15/h7-8,10,12-14,16H,3-6,9,11H2,1-2H3,(H,20,23). The summed E-state index contributed by atoms with van der Waals surface area (Å²) in [5.74, 6) is 0.0773. The molecule has 1 aromatic heterocycles. The maximum Gasteiger partial charge on any atom is 0.278 e. The zero-order valence-corrected chi connectivity index (χ0v) is 14.8. The van der Waals surface area contributed by atoms with Gasteiger partial charge in [0, 0.05) is 18.3 Å². The zero-order valence-electron chi connectivity index (χ0n) is 14.8. The summed E-state index contributed by atoms with van der Waals surface area (Å²) in [4.78, 5) is 38.2. The quantitative estimate of drug-likeness (QED) is 0.404. The van der Waals surface area contributed by atoms with E-state index in [1.165, 1.54) is 18.7 Å². The highest BCUT2D eigenvalue weighted by atomic mass is 16.8. The molecule has 1 amide bonds. The van der Waals surface area contributed by atoms with Crippen molar-refractivity contribution in [2.45, 2.75) is 33.0 Å². The van der Waals surface area contributed by atoms with Crippen LogP contribution in [0.2, 0.25) is 0 Å². The van der Waals surface area contributed by atoms with Gasteiger partial charge in [0.1, 0.15) is 12.6 Å².